The van der Waals surface area contributed by atoms with Crippen molar-refractivity contribution in [1.29, 1.82) is 0 Å². The van der Waals surface area contributed by atoms with Crippen molar-refractivity contribution in [3.05, 3.63) is 48.2 Å². The summed E-state index contributed by atoms with van der Waals surface area (Å²) < 4.78 is 25.4. The van der Waals surface area contributed by atoms with Crippen LogP contribution in [0.4, 0.5) is 10.3 Å². The summed E-state index contributed by atoms with van der Waals surface area (Å²) in [6.45, 7) is 8.31. The zero-order chi connectivity index (χ0) is 22.6. The van der Waals surface area contributed by atoms with E-state index >= 15 is 0 Å². The third kappa shape index (κ3) is 5.31. The van der Waals surface area contributed by atoms with Crippen molar-refractivity contribution in [3.63, 3.8) is 0 Å². The van der Waals surface area contributed by atoms with Gasteiger partial charge in [0.05, 0.1) is 30.3 Å². The van der Waals surface area contributed by atoms with Crippen LogP contribution in [-0.4, -0.2) is 39.7 Å². The summed E-state index contributed by atoms with van der Waals surface area (Å²) in [6.07, 6.45) is 4.50. The molecule has 0 aliphatic carbocycles. The van der Waals surface area contributed by atoms with E-state index in [1.165, 1.54) is 12.1 Å². The fraction of sp³-hybridized carbons (Fsp3) is 0.458. The predicted molar refractivity (Wildman–Crippen MR) is 121 cm³/mol. The van der Waals surface area contributed by atoms with Crippen LogP contribution in [0.5, 0.6) is 0 Å². The Morgan fingerprint density at radius 3 is 2.56 bits per heavy atom. The number of hydrogen-bond acceptors (Lipinski definition) is 6. The normalized spacial score (nSPS) is 16.2. The number of nitrogens with one attached hydrogen (secondary N) is 2. The quantitative estimate of drug-likeness (QED) is 0.461. The molecular formula is C24H30FN5O2. The van der Waals surface area contributed by atoms with E-state index < -0.39 is 6.29 Å². The van der Waals surface area contributed by atoms with E-state index in [1.807, 2.05) is 6.07 Å². The Bertz CT molecular complexity index is 1030. The monoisotopic (exact) mass is 439 g/mol. The molecule has 2 N–H and O–H groups in total. The summed E-state index contributed by atoms with van der Waals surface area (Å²) in [5.41, 5.74) is 2.79. The molecule has 3 heterocycles. The Morgan fingerprint density at radius 2 is 1.84 bits per heavy atom. The molecule has 8 heteroatoms. The molecule has 0 unspecified atom stereocenters. The van der Waals surface area contributed by atoms with Crippen LogP contribution in [0.25, 0.3) is 22.6 Å². The molecule has 1 aromatic carbocycles. The molecule has 1 aliphatic heterocycles. The number of benzene rings is 1. The van der Waals surface area contributed by atoms with Crippen LogP contribution in [0, 0.1) is 11.2 Å². The summed E-state index contributed by atoms with van der Waals surface area (Å²) >= 11 is 0. The average Bonchev–Trinajstić information content (AvgIpc) is 3.23. The molecule has 0 radical (unpaired) electrons. The van der Waals surface area contributed by atoms with Crippen molar-refractivity contribution < 1.29 is 13.9 Å². The highest BCUT2D eigenvalue weighted by molar-refractivity contribution is 5.77. The summed E-state index contributed by atoms with van der Waals surface area (Å²) in [5, 5.41) is 3.28. The maximum Gasteiger partial charge on any atom is 0.223 e. The Hall–Kier alpha value is -2.84. The number of anilines is 1. The maximum absolute atomic E-state index is 13.5. The lowest BCUT2D eigenvalue weighted by Gasteiger charge is -2.33. The molecule has 1 fully saturated rings. The van der Waals surface area contributed by atoms with E-state index in [1.54, 1.807) is 18.3 Å². The van der Waals surface area contributed by atoms with Crippen LogP contribution < -0.4 is 5.32 Å². The molecule has 1 saturated heterocycles. The van der Waals surface area contributed by atoms with Gasteiger partial charge in [-0.15, -0.1) is 0 Å². The number of aromatic amines is 1. The van der Waals surface area contributed by atoms with Gasteiger partial charge in [0.15, 0.2) is 5.82 Å². The van der Waals surface area contributed by atoms with Gasteiger partial charge in [0, 0.05) is 23.7 Å². The molecule has 2 aromatic heterocycles. The Balaban J connectivity index is 1.66. The highest BCUT2D eigenvalue weighted by Crippen LogP contribution is 2.35. The van der Waals surface area contributed by atoms with Crippen molar-refractivity contribution in [2.45, 2.75) is 46.3 Å². The Kier molecular flexibility index (Phi) is 6.81. The SMILES string of the molecule is CCCCCNc1nccc(-c2[nH]c(C3OCC(C)(C)CO3)nc2-c2ccc(F)cc2)n1. The third-order valence-corrected chi connectivity index (χ3v) is 5.29. The molecule has 1 aliphatic rings. The van der Waals surface area contributed by atoms with Crippen LogP contribution in [0.15, 0.2) is 36.5 Å². The summed E-state index contributed by atoms with van der Waals surface area (Å²) in [5.74, 6) is 0.824. The Morgan fingerprint density at radius 1 is 1.09 bits per heavy atom. The van der Waals surface area contributed by atoms with Gasteiger partial charge in [0.2, 0.25) is 12.2 Å². The van der Waals surface area contributed by atoms with Crippen LogP contribution in [-0.2, 0) is 9.47 Å². The summed E-state index contributed by atoms with van der Waals surface area (Å²) in [7, 11) is 0. The van der Waals surface area contributed by atoms with Gasteiger partial charge in [0.1, 0.15) is 5.82 Å². The fourth-order valence-electron chi connectivity index (χ4n) is 3.51. The molecule has 32 heavy (non-hydrogen) atoms. The van der Waals surface area contributed by atoms with E-state index in [9.17, 15) is 4.39 Å². The summed E-state index contributed by atoms with van der Waals surface area (Å²) in [6, 6.07) is 8.08. The fourth-order valence-corrected chi connectivity index (χ4v) is 3.51. The number of ether oxygens (including phenoxy) is 2. The molecular weight excluding hydrogens is 409 g/mol. The molecule has 4 rings (SSSR count). The van der Waals surface area contributed by atoms with E-state index in [0.717, 1.165) is 31.4 Å². The molecule has 0 saturated carbocycles. The highest BCUT2D eigenvalue weighted by atomic mass is 19.1. The summed E-state index contributed by atoms with van der Waals surface area (Å²) in [4.78, 5) is 17.1. The topological polar surface area (TPSA) is 85.0 Å². The lowest BCUT2D eigenvalue weighted by molar-refractivity contribution is -0.229. The number of aromatic nitrogens is 4. The smallest absolute Gasteiger partial charge is 0.223 e. The molecule has 7 nitrogen and oxygen atoms in total. The van der Waals surface area contributed by atoms with Crippen molar-refractivity contribution in [2.24, 2.45) is 5.41 Å². The van der Waals surface area contributed by atoms with Crippen molar-refractivity contribution in [2.75, 3.05) is 25.1 Å². The average molecular weight is 440 g/mol. The highest BCUT2D eigenvalue weighted by Gasteiger charge is 2.32. The minimum atomic E-state index is -0.593. The van der Waals surface area contributed by atoms with Gasteiger partial charge in [-0.3, -0.25) is 0 Å². The van der Waals surface area contributed by atoms with Gasteiger partial charge in [0.25, 0.3) is 0 Å². The molecule has 170 valence electrons. The van der Waals surface area contributed by atoms with Crippen molar-refractivity contribution in [3.8, 4) is 22.6 Å². The number of halogens is 1. The second-order valence-corrected chi connectivity index (χ2v) is 8.87. The zero-order valence-electron chi connectivity index (χ0n) is 18.8. The van der Waals surface area contributed by atoms with Gasteiger partial charge in [-0.05, 0) is 36.8 Å². The number of unbranched alkanes of at least 4 members (excludes halogenated alkanes) is 2. The number of imidazole rings is 1. The number of H-pyrrole nitrogens is 1. The van der Waals surface area contributed by atoms with E-state index in [-0.39, 0.29) is 11.2 Å². The van der Waals surface area contributed by atoms with Gasteiger partial charge in [-0.2, -0.15) is 0 Å². The standard InChI is InChI=1S/C24H30FN5O2/c1-4-5-6-12-26-23-27-13-11-18(28-23)20-19(16-7-9-17(25)10-8-16)29-21(30-20)22-31-14-24(2,3)15-32-22/h7-11,13,22H,4-6,12,14-15H2,1-3H3,(H,29,30)(H,26,27,28). The Labute approximate surface area is 187 Å². The third-order valence-electron chi connectivity index (χ3n) is 5.29. The molecule has 0 atom stereocenters. The van der Waals surface area contributed by atoms with Crippen molar-refractivity contribution >= 4 is 5.95 Å². The van der Waals surface area contributed by atoms with Gasteiger partial charge >= 0.3 is 0 Å². The lowest BCUT2D eigenvalue weighted by atomic mass is 9.96. The minimum absolute atomic E-state index is 0.0449. The number of hydrogen-bond donors (Lipinski definition) is 2. The zero-order valence-corrected chi connectivity index (χ0v) is 18.8. The van der Waals surface area contributed by atoms with E-state index in [2.05, 4.69) is 41.0 Å². The van der Waals surface area contributed by atoms with Gasteiger partial charge in [-0.1, -0.05) is 33.6 Å². The van der Waals surface area contributed by atoms with Crippen molar-refractivity contribution in [1.82, 2.24) is 19.9 Å². The van der Waals surface area contributed by atoms with Gasteiger partial charge in [-0.25, -0.2) is 19.3 Å². The largest absolute Gasteiger partial charge is 0.354 e. The van der Waals surface area contributed by atoms with E-state index in [4.69, 9.17) is 14.5 Å². The first-order valence-electron chi connectivity index (χ1n) is 11.1. The number of nitrogens with zero attached hydrogens (tertiary/aromatic N) is 3. The molecule has 0 amide bonds. The second-order valence-electron chi connectivity index (χ2n) is 8.87. The van der Waals surface area contributed by atoms with Crippen LogP contribution in [0.2, 0.25) is 0 Å². The predicted octanol–water partition coefficient (Wildman–Crippen LogP) is 5.35. The van der Waals surface area contributed by atoms with Crippen LogP contribution in [0.1, 0.15) is 52.1 Å². The molecule has 3 aromatic rings. The van der Waals surface area contributed by atoms with Gasteiger partial charge < -0.3 is 19.8 Å². The first kappa shape index (κ1) is 22.4. The first-order valence-corrected chi connectivity index (χ1v) is 11.1. The second kappa shape index (κ2) is 9.75. The first-order chi connectivity index (χ1) is 15.4. The maximum atomic E-state index is 13.5. The van der Waals surface area contributed by atoms with Crippen LogP contribution in [0.3, 0.4) is 0 Å². The van der Waals surface area contributed by atoms with Crippen LogP contribution >= 0.6 is 0 Å². The lowest BCUT2D eigenvalue weighted by Crippen LogP contribution is -2.34. The molecule has 0 bridgehead atoms. The molecule has 0 spiro atoms. The minimum Gasteiger partial charge on any atom is -0.354 e. The number of rotatable bonds is 8. The van der Waals surface area contributed by atoms with E-state index in [0.29, 0.717) is 42.1 Å².